The molecular weight excluding hydrogens is 160 g/mol. The predicted molar refractivity (Wildman–Crippen MR) is 54.2 cm³/mol. The Morgan fingerprint density at radius 3 is 2.85 bits per heavy atom. The van der Waals surface area contributed by atoms with E-state index in [2.05, 4.69) is 25.2 Å². The number of hydrogen-bond acceptors (Lipinski definition) is 2. The second kappa shape index (κ2) is 5.24. The van der Waals surface area contributed by atoms with Crippen LogP contribution in [0.1, 0.15) is 39.5 Å². The third-order valence-electron chi connectivity index (χ3n) is 3.10. The van der Waals surface area contributed by atoms with Crippen LogP contribution in [0.3, 0.4) is 0 Å². The molecule has 0 amide bonds. The van der Waals surface area contributed by atoms with E-state index in [9.17, 15) is 0 Å². The Balaban J connectivity index is 2.26. The van der Waals surface area contributed by atoms with Gasteiger partial charge in [-0.2, -0.15) is 5.26 Å². The van der Waals surface area contributed by atoms with Crippen LogP contribution in [0.2, 0.25) is 0 Å². The number of nitrogens with zero attached hydrogens (tertiary/aromatic N) is 1. The van der Waals surface area contributed by atoms with Crippen molar-refractivity contribution in [2.24, 2.45) is 11.8 Å². The molecule has 0 aliphatic heterocycles. The summed E-state index contributed by atoms with van der Waals surface area (Å²) in [5, 5.41) is 11.9. The molecule has 2 nitrogen and oxygen atoms in total. The Morgan fingerprint density at radius 1 is 1.38 bits per heavy atom. The summed E-state index contributed by atoms with van der Waals surface area (Å²) in [6.45, 7) is 5.50. The molecule has 0 bridgehead atoms. The van der Waals surface area contributed by atoms with Crippen molar-refractivity contribution in [2.45, 2.75) is 45.6 Å². The highest BCUT2D eigenvalue weighted by Gasteiger charge is 2.24. The first-order valence-corrected chi connectivity index (χ1v) is 5.34. The smallest absolute Gasteiger partial charge is 0.0635 e. The first-order valence-electron chi connectivity index (χ1n) is 5.34. The van der Waals surface area contributed by atoms with Crippen molar-refractivity contribution in [3.63, 3.8) is 0 Å². The second-order valence-electron chi connectivity index (χ2n) is 4.36. The SMILES string of the molecule is CC1CCC(C)C(NCCC#N)C1. The summed E-state index contributed by atoms with van der Waals surface area (Å²) in [4.78, 5) is 0. The molecule has 1 saturated carbocycles. The van der Waals surface area contributed by atoms with Gasteiger partial charge in [0.25, 0.3) is 0 Å². The van der Waals surface area contributed by atoms with Gasteiger partial charge >= 0.3 is 0 Å². The molecule has 1 aliphatic carbocycles. The van der Waals surface area contributed by atoms with E-state index in [1.54, 1.807) is 0 Å². The van der Waals surface area contributed by atoms with Crippen molar-refractivity contribution in [3.8, 4) is 6.07 Å². The molecule has 0 radical (unpaired) electrons. The zero-order chi connectivity index (χ0) is 9.68. The van der Waals surface area contributed by atoms with E-state index in [1.807, 2.05) is 0 Å². The van der Waals surface area contributed by atoms with Gasteiger partial charge in [-0.15, -0.1) is 0 Å². The summed E-state index contributed by atoms with van der Waals surface area (Å²) >= 11 is 0. The van der Waals surface area contributed by atoms with E-state index in [0.29, 0.717) is 12.5 Å². The summed E-state index contributed by atoms with van der Waals surface area (Å²) in [6.07, 6.45) is 4.63. The van der Waals surface area contributed by atoms with Gasteiger partial charge in [0, 0.05) is 19.0 Å². The fourth-order valence-corrected chi connectivity index (χ4v) is 2.13. The van der Waals surface area contributed by atoms with Gasteiger partial charge in [0.15, 0.2) is 0 Å². The lowest BCUT2D eigenvalue weighted by molar-refractivity contribution is 0.230. The molecule has 1 fully saturated rings. The summed E-state index contributed by atoms with van der Waals surface area (Å²) in [5.41, 5.74) is 0. The van der Waals surface area contributed by atoms with Crippen molar-refractivity contribution in [1.29, 1.82) is 5.26 Å². The van der Waals surface area contributed by atoms with Gasteiger partial charge in [0.1, 0.15) is 0 Å². The average Bonchev–Trinajstić information content (AvgIpc) is 2.11. The van der Waals surface area contributed by atoms with E-state index in [1.165, 1.54) is 19.3 Å². The molecule has 0 saturated heterocycles. The fourth-order valence-electron chi connectivity index (χ4n) is 2.13. The molecule has 1 N–H and O–H groups in total. The maximum atomic E-state index is 8.42. The Bertz CT molecular complexity index is 183. The molecule has 3 atom stereocenters. The largest absolute Gasteiger partial charge is 0.313 e. The molecule has 13 heavy (non-hydrogen) atoms. The first kappa shape index (κ1) is 10.5. The topological polar surface area (TPSA) is 35.8 Å². The van der Waals surface area contributed by atoms with E-state index in [4.69, 9.17) is 5.26 Å². The lowest BCUT2D eigenvalue weighted by atomic mass is 9.80. The molecule has 0 aromatic heterocycles. The van der Waals surface area contributed by atoms with Crippen LogP contribution in [0, 0.1) is 23.2 Å². The van der Waals surface area contributed by atoms with Crippen LogP contribution < -0.4 is 5.32 Å². The van der Waals surface area contributed by atoms with E-state index >= 15 is 0 Å². The van der Waals surface area contributed by atoms with E-state index in [0.717, 1.165) is 18.4 Å². The van der Waals surface area contributed by atoms with Gasteiger partial charge in [-0.25, -0.2) is 0 Å². The number of hydrogen-bond donors (Lipinski definition) is 1. The zero-order valence-electron chi connectivity index (χ0n) is 8.71. The standard InChI is InChI=1S/C11H20N2/c1-9-4-5-10(2)11(8-9)13-7-3-6-12/h9-11,13H,3-5,7-8H2,1-2H3. The van der Waals surface area contributed by atoms with Crippen molar-refractivity contribution in [2.75, 3.05) is 6.54 Å². The predicted octanol–water partition coefficient (Wildman–Crippen LogP) is 2.31. The molecule has 1 aliphatic rings. The highest BCUT2D eigenvalue weighted by molar-refractivity contribution is 4.82. The lowest BCUT2D eigenvalue weighted by Gasteiger charge is -2.33. The van der Waals surface area contributed by atoms with Crippen LogP contribution in [0.25, 0.3) is 0 Å². The summed E-state index contributed by atoms with van der Waals surface area (Å²) < 4.78 is 0. The van der Waals surface area contributed by atoms with Gasteiger partial charge in [-0.1, -0.05) is 20.3 Å². The van der Waals surface area contributed by atoms with Crippen molar-refractivity contribution >= 4 is 0 Å². The van der Waals surface area contributed by atoms with E-state index < -0.39 is 0 Å². The molecule has 2 heteroatoms. The molecule has 3 unspecified atom stereocenters. The molecule has 74 valence electrons. The number of nitriles is 1. The van der Waals surface area contributed by atoms with Gasteiger partial charge in [0.2, 0.25) is 0 Å². The van der Waals surface area contributed by atoms with Crippen LogP contribution in [0.5, 0.6) is 0 Å². The molecule has 0 aromatic rings. The first-order chi connectivity index (χ1) is 6.24. The summed E-state index contributed by atoms with van der Waals surface area (Å²) in [7, 11) is 0. The molecule has 1 rings (SSSR count). The van der Waals surface area contributed by atoms with Crippen molar-refractivity contribution in [3.05, 3.63) is 0 Å². The normalized spacial score (nSPS) is 34.1. The second-order valence-corrected chi connectivity index (χ2v) is 4.36. The Labute approximate surface area is 81.3 Å². The van der Waals surface area contributed by atoms with Gasteiger partial charge in [-0.05, 0) is 24.7 Å². The van der Waals surface area contributed by atoms with Crippen molar-refractivity contribution in [1.82, 2.24) is 5.32 Å². The maximum absolute atomic E-state index is 8.42. The Morgan fingerprint density at radius 2 is 2.15 bits per heavy atom. The summed E-state index contributed by atoms with van der Waals surface area (Å²) in [5.74, 6) is 1.64. The van der Waals surface area contributed by atoms with Crippen LogP contribution in [-0.4, -0.2) is 12.6 Å². The monoisotopic (exact) mass is 180 g/mol. The Hall–Kier alpha value is -0.550. The highest BCUT2D eigenvalue weighted by Crippen LogP contribution is 2.28. The number of rotatable bonds is 3. The van der Waals surface area contributed by atoms with Gasteiger partial charge in [0.05, 0.1) is 6.07 Å². The third kappa shape index (κ3) is 3.36. The molecular formula is C11H20N2. The fraction of sp³-hybridized carbons (Fsp3) is 0.909. The number of nitrogens with one attached hydrogen (secondary N) is 1. The zero-order valence-corrected chi connectivity index (χ0v) is 8.71. The van der Waals surface area contributed by atoms with E-state index in [-0.39, 0.29) is 0 Å². The van der Waals surface area contributed by atoms with Crippen LogP contribution in [0.4, 0.5) is 0 Å². The van der Waals surface area contributed by atoms with Gasteiger partial charge < -0.3 is 5.32 Å². The van der Waals surface area contributed by atoms with Crippen LogP contribution in [-0.2, 0) is 0 Å². The lowest BCUT2D eigenvalue weighted by Crippen LogP contribution is -2.39. The molecule has 0 heterocycles. The minimum absolute atomic E-state index is 0.637. The minimum atomic E-state index is 0.637. The maximum Gasteiger partial charge on any atom is 0.0635 e. The third-order valence-corrected chi connectivity index (χ3v) is 3.10. The highest BCUT2D eigenvalue weighted by atomic mass is 14.9. The van der Waals surface area contributed by atoms with Crippen molar-refractivity contribution < 1.29 is 0 Å². The van der Waals surface area contributed by atoms with Gasteiger partial charge in [-0.3, -0.25) is 0 Å². The minimum Gasteiger partial charge on any atom is -0.313 e. The summed E-state index contributed by atoms with van der Waals surface area (Å²) in [6, 6.07) is 2.82. The molecule has 0 spiro atoms. The van der Waals surface area contributed by atoms with Crippen LogP contribution >= 0.6 is 0 Å². The Kier molecular flexibility index (Phi) is 4.24. The quantitative estimate of drug-likeness (QED) is 0.676. The average molecular weight is 180 g/mol. The van der Waals surface area contributed by atoms with Crippen LogP contribution in [0.15, 0.2) is 0 Å². The molecule has 0 aromatic carbocycles.